The fourth-order valence-corrected chi connectivity index (χ4v) is 8.58. The second-order valence-electron chi connectivity index (χ2n) is 11.8. The normalized spacial score (nSPS) is 12.0. The van der Waals surface area contributed by atoms with E-state index < -0.39 is 0 Å². The zero-order valence-electron chi connectivity index (χ0n) is 24.3. The van der Waals surface area contributed by atoms with Gasteiger partial charge in [-0.05, 0) is 65.7 Å². The Morgan fingerprint density at radius 3 is 1.40 bits per heavy atom. The molecule has 0 aliphatic rings. The lowest BCUT2D eigenvalue weighted by Gasteiger charge is -2.11. The molecule has 0 N–H and O–H groups in total. The van der Waals surface area contributed by atoms with Crippen LogP contribution in [-0.2, 0) is 0 Å². The second kappa shape index (κ2) is 9.43. The van der Waals surface area contributed by atoms with Crippen molar-refractivity contribution in [2.75, 3.05) is 0 Å². The SMILES string of the molecule is c1ccc2c(c1)sc1c2ccc2c1c1ccccc1n2-c1ccc(-c2ccc(-n3c4ccccc4c4ccccc43)cc2)cc1. The van der Waals surface area contributed by atoms with Crippen LogP contribution in [0.2, 0.25) is 0 Å². The smallest absolute Gasteiger partial charge is 0.0555 e. The van der Waals surface area contributed by atoms with Crippen molar-refractivity contribution in [3.05, 3.63) is 158 Å². The highest BCUT2D eigenvalue weighted by molar-refractivity contribution is 7.26. The van der Waals surface area contributed by atoms with Gasteiger partial charge in [0.2, 0.25) is 0 Å². The summed E-state index contributed by atoms with van der Waals surface area (Å²) in [6, 6.07) is 57.5. The van der Waals surface area contributed by atoms with Crippen molar-refractivity contribution in [2.24, 2.45) is 0 Å². The Bertz CT molecular complexity index is 2690. The molecular weight excluding hydrogens is 565 g/mol. The lowest BCUT2D eigenvalue weighted by Crippen LogP contribution is -1.94. The molecule has 2 nitrogen and oxygen atoms in total. The number of hydrogen-bond acceptors (Lipinski definition) is 1. The van der Waals surface area contributed by atoms with Crippen molar-refractivity contribution in [2.45, 2.75) is 0 Å². The summed E-state index contributed by atoms with van der Waals surface area (Å²) in [5, 5.41) is 7.88. The Kier molecular flexibility index (Phi) is 5.19. The van der Waals surface area contributed by atoms with Crippen molar-refractivity contribution < 1.29 is 0 Å². The highest BCUT2D eigenvalue weighted by Crippen LogP contribution is 2.43. The van der Waals surface area contributed by atoms with Crippen LogP contribution in [0.4, 0.5) is 0 Å². The minimum absolute atomic E-state index is 1.17. The Morgan fingerprint density at radius 1 is 0.333 bits per heavy atom. The predicted molar refractivity (Wildman–Crippen MR) is 193 cm³/mol. The number of rotatable bonds is 3. The molecule has 210 valence electrons. The van der Waals surface area contributed by atoms with Crippen LogP contribution in [0.1, 0.15) is 0 Å². The molecule has 0 radical (unpaired) electrons. The number of thiophene rings is 1. The van der Waals surface area contributed by atoms with Gasteiger partial charge in [-0.3, -0.25) is 0 Å². The average molecular weight is 591 g/mol. The molecule has 0 bridgehead atoms. The Balaban J connectivity index is 1.08. The van der Waals surface area contributed by atoms with Gasteiger partial charge < -0.3 is 9.13 Å². The number of fused-ring (bicyclic) bond motifs is 10. The summed E-state index contributed by atoms with van der Waals surface area (Å²) >= 11 is 1.90. The van der Waals surface area contributed by atoms with Gasteiger partial charge in [-0.15, -0.1) is 11.3 Å². The Labute approximate surface area is 263 Å². The van der Waals surface area contributed by atoms with Gasteiger partial charge in [0.1, 0.15) is 0 Å². The summed E-state index contributed by atoms with van der Waals surface area (Å²) in [4.78, 5) is 0. The van der Waals surface area contributed by atoms with Crippen molar-refractivity contribution in [1.82, 2.24) is 9.13 Å². The molecule has 0 unspecified atom stereocenters. The second-order valence-corrected chi connectivity index (χ2v) is 12.8. The molecule has 45 heavy (non-hydrogen) atoms. The third-order valence-electron chi connectivity index (χ3n) is 9.34. The van der Waals surface area contributed by atoms with E-state index in [0.29, 0.717) is 0 Å². The molecule has 3 heteroatoms. The molecule has 0 atom stereocenters. The summed E-state index contributed by atoms with van der Waals surface area (Å²) in [6.07, 6.45) is 0. The summed E-state index contributed by atoms with van der Waals surface area (Å²) < 4.78 is 7.49. The number of hydrogen-bond donors (Lipinski definition) is 0. The van der Waals surface area contributed by atoms with Gasteiger partial charge in [-0.25, -0.2) is 0 Å². The topological polar surface area (TPSA) is 9.86 Å². The quantitative estimate of drug-likeness (QED) is 0.194. The summed E-state index contributed by atoms with van der Waals surface area (Å²) in [7, 11) is 0. The molecule has 10 aromatic rings. The van der Waals surface area contributed by atoms with E-state index in [1.807, 2.05) is 11.3 Å². The van der Waals surface area contributed by atoms with Crippen molar-refractivity contribution in [3.63, 3.8) is 0 Å². The molecule has 0 aliphatic carbocycles. The largest absolute Gasteiger partial charge is 0.309 e. The molecule has 0 saturated heterocycles. The molecule has 3 heterocycles. The molecule has 3 aromatic heterocycles. The number of para-hydroxylation sites is 3. The summed E-state index contributed by atoms with van der Waals surface area (Å²) in [5.41, 5.74) is 9.71. The lowest BCUT2D eigenvalue weighted by atomic mass is 10.0. The van der Waals surface area contributed by atoms with E-state index in [2.05, 4.69) is 167 Å². The van der Waals surface area contributed by atoms with Gasteiger partial charge in [-0.1, -0.05) is 103 Å². The molecule has 0 aliphatic heterocycles. The first-order valence-electron chi connectivity index (χ1n) is 15.4. The lowest BCUT2D eigenvalue weighted by molar-refractivity contribution is 1.18. The standard InChI is InChI=1S/C42H26N2S/c1-5-13-36-31(9-1)32-10-2-6-14-37(32)43(36)29-21-17-27(18-22-29)28-19-23-30(24-20-28)44-38-15-7-3-12-35(38)41-39(44)26-25-34-33-11-4-8-16-40(33)45-42(34)41/h1-26H. The van der Waals surface area contributed by atoms with E-state index in [9.17, 15) is 0 Å². The molecule has 0 amide bonds. The van der Waals surface area contributed by atoms with Crippen molar-refractivity contribution in [1.29, 1.82) is 0 Å². The molecular formula is C42H26N2S. The highest BCUT2D eigenvalue weighted by Gasteiger charge is 2.17. The number of aromatic nitrogens is 2. The van der Waals surface area contributed by atoms with Crippen LogP contribution in [-0.4, -0.2) is 9.13 Å². The molecule has 7 aromatic carbocycles. The van der Waals surface area contributed by atoms with Crippen LogP contribution in [0.25, 0.3) is 86.3 Å². The minimum atomic E-state index is 1.17. The average Bonchev–Trinajstić information content (AvgIpc) is 3.76. The first-order chi connectivity index (χ1) is 22.3. The third kappa shape index (κ3) is 3.56. The van der Waals surface area contributed by atoms with Crippen LogP contribution >= 0.6 is 11.3 Å². The van der Waals surface area contributed by atoms with Gasteiger partial charge in [0.05, 0.1) is 22.1 Å². The first kappa shape index (κ1) is 24.8. The molecule has 0 fully saturated rings. The van der Waals surface area contributed by atoms with Gasteiger partial charge in [0.15, 0.2) is 0 Å². The van der Waals surface area contributed by atoms with Gasteiger partial charge in [-0.2, -0.15) is 0 Å². The molecule has 10 rings (SSSR count). The van der Waals surface area contributed by atoms with Crippen molar-refractivity contribution in [3.8, 4) is 22.5 Å². The maximum absolute atomic E-state index is 2.42. The third-order valence-corrected chi connectivity index (χ3v) is 10.5. The number of benzene rings is 7. The Hall–Kier alpha value is -5.64. The highest BCUT2D eigenvalue weighted by atomic mass is 32.1. The predicted octanol–water partition coefficient (Wildman–Crippen LogP) is 11.9. The van der Waals surface area contributed by atoms with Gasteiger partial charge in [0.25, 0.3) is 0 Å². The zero-order chi connectivity index (χ0) is 29.5. The molecule has 0 spiro atoms. The van der Waals surface area contributed by atoms with Crippen LogP contribution in [0.3, 0.4) is 0 Å². The zero-order valence-corrected chi connectivity index (χ0v) is 25.1. The summed E-state index contributed by atoms with van der Waals surface area (Å²) in [6.45, 7) is 0. The summed E-state index contributed by atoms with van der Waals surface area (Å²) in [5.74, 6) is 0. The fourth-order valence-electron chi connectivity index (χ4n) is 7.32. The van der Waals surface area contributed by atoms with E-state index in [4.69, 9.17) is 0 Å². The van der Waals surface area contributed by atoms with E-state index in [1.54, 1.807) is 0 Å². The number of nitrogens with zero attached hydrogens (tertiary/aromatic N) is 2. The van der Waals surface area contributed by atoms with E-state index >= 15 is 0 Å². The van der Waals surface area contributed by atoms with Crippen LogP contribution in [0, 0.1) is 0 Å². The van der Waals surface area contributed by atoms with Gasteiger partial charge >= 0.3 is 0 Å². The monoisotopic (exact) mass is 590 g/mol. The van der Waals surface area contributed by atoms with E-state index in [-0.39, 0.29) is 0 Å². The van der Waals surface area contributed by atoms with Crippen LogP contribution < -0.4 is 0 Å². The maximum Gasteiger partial charge on any atom is 0.0555 e. The maximum atomic E-state index is 2.42. The van der Waals surface area contributed by atoms with E-state index in [0.717, 1.165) is 0 Å². The van der Waals surface area contributed by atoms with Crippen molar-refractivity contribution >= 4 is 75.1 Å². The fraction of sp³-hybridized carbons (Fsp3) is 0. The first-order valence-corrected chi connectivity index (χ1v) is 16.2. The Morgan fingerprint density at radius 2 is 0.800 bits per heavy atom. The molecule has 0 saturated carbocycles. The van der Waals surface area contributed by atoms with Gasteiger partial charge in [0, 0.05) is 53.1 Å². The van der Waals surface area contributed by atoms with E-state index in [1.165, 1.54) is 86.3 Å². The van der Waals surface area contributed by atoms with Crippen LogP contribution in [0.5, 0.6) is 0 Å². The van der Waals surface area contributed by atoms with Crippen LogP contribution in [0.15, 0.2) is 158 Å². The minimum Gasteiger partial charge on any atom is -0.309 e.